The zero-order chi connectivity index (χ0) is 15.6. The number of nitrogens with zero attached hydrogens (tertiary/aromatic N) is 1. The molecule has 0 atom stereocenters. The van der Waals surface area contributed by atoms with Crippen molar-refractivity contribution in [3.05, 3.63) is 53.2 Å². The van der Waals surface area contributed by atoms with Gasteiger partial charge in [0, 0.05) is 29.5 Å². The van der Waals surface area contributed by atoms with Crippen molar-refractivity contribution in [2.45, 2.75) is 40.0 Å². The van der Waals surface area contributed by atoms with Gasteiger partial charge in [-0.25, -0.2) is 8.78 Å². The molecule has 0 spiro atoms. The van der Waals surface area contributed by atoms with Crippen LogP contribution in [0.3, 0.4) is 0 Å². The first-order valence-electron chi connectivity index (χ1n) is 6.84. The van der Waals surface area contributed by atoms with E-state index in [9.17, 15) is 8.78 Å². The molecule has 0 N–H and O–H groups in total. The minimum atomic E-state index is -2.95. The largest absolute Gasteiger partial charge is 0.472 e. The summed E-state index contributed by atoms with van der Waals surface area (Å²) in [7, 11) is 0. The SMILES string of the molecule is C/C1=C(C)/N=C(C)/C(C(C)(F)F)=C\C(c2ccoc2)=C/C1. The van der Waals surface area contributed by atoms with Crippen LogP contribution in [0.5, 0.6) is 0 Å². The Morgan fingerprint density at radius 1 is 1.24 bits per heavy atom. The highest BCUT2D eigenvalue weighted by Gasteiger charge is 2.30. The van der Waals surface area contributed by atoms with E-state index in [1.807, 2.05) is 19.9 Å². The number of hydrogen-bond donors (Lipinski definition) is 0. The van der Waals surface area contributed by atoms with Gasteiger partial charge in [-0.1, -0.05) is 6.08 Å². The van der Waals surface area contributed by atoms with Crippen LogP contribution in [0.15, 0.2) is 57.0 Å². The van der Waals surface area contributed by atoms with Crippen LogP contribution in [0.2, 0.25) is 0 Å². The summed E-state index contributed by atoms with van der Waals surface area (Å²) in [6, 6.07) is 1.77. The minimum absolute atomic E-state index is 0.0657. The molecule has 2 rings (SSSR count). The molecule has 1 aromatic heterocycles. The second-order valence-electron chi connectivity index (χ2n) is 5.38. The Labute approximate surface area is 123 Å². The van der Waals surface area contributed by atoms with Crippen LogP contribution >= 0.6 is 0 Å². The molecule has 0 radical (unpaired) electrons. The summed E-state index contributed by atoms with van der Waals surface area (Å²) in [5.41, 5.74) is 3.64. The Kier molecular flexibility index (Phi) is 4.26. The maximum absolute atomic E-state index is 13.9. The molecule has 1 aromatic rings. The zero-order valence-corrected chi connectivity index (χ0v) is 12.7. The third-order valence-corrected chi connectivity index (χ3v) is 3.60. The summed E-state index contributed by atoms with van der Waals surface area (Å²) in [5, 5.41) is 0. The molecule has 0 saturated heterocycles. The molecule has 0 aromatic carbocycles. The van der Waals surface area contributed by atoms with Crippen LogP contribution in [-0.2, 0) is 0 Å². The lowest BCUT2D eigenvalue weighted by molar-refractivity contribution is 0.0701. The average molecular weight is 291 g/mol. The normalized spacial score (nSPS) is 28.4. The van der Waals surface area contributed by atoms with Gasteiger partial charge in [-0.15, -0.1) is 0 Å². The van der Waals surface area contributed by atoms with Gasteiger partial charge in [-0.3, -0.25) is 4.99 Å². The molecule has 112 valence electrons. The lowest BCUT2D eigenvalue weighted by Gasteiger charge is -2.16. The molecule has 2 nitrogen and oxygen atoms in total. The fourth-order valence-corrected chi connectivity index (χ4v) is 2.21. The summed E-state index contributed by atoms with van der Waals surface area (Å²) in [5.74, 6) is -2.95. The number of hydrogen-bond acceptors (Lipinski definition) is 2. The average Bonchev–Trinajstić information content (AvgIpc) is 2.90. The maximum atomic E-state index is 13.9. The van der Waals surface area contributed by atoms with Gasteiger partial charge in [0.05, 0.1) is 12.5 Å². The van der Waals surface area contributed by atoms with E-state index in [4.69, 9.17) is 4.42 Å². The molecule has 0 unspecified atom stereocenters. The topological polar surface area (TPSA) is 25.5 Å². The van der Waals surface area contributed by atoms with E-state index >= 15 is 0 Å². The fourth-order valence-electron chi connectivity index (χ4n) is 2.21. The van der Waals surface area contributed by atoms with E-state index in [0.29, 0.717) is 12.1 Å². The summed E-state index contributed by atoms with van der Waals surface area (Å²) in [4.78, 5) is 4.33. The lowest BCUT2D eigenvalue weighted by atomic mass is 9.98. The third-order valence-electron chi connectivity index (χ3n) is 3.60. The van der Waals surface area contributed by atoms with Gasteiger partial charge in [-0.2, -0.15) is 0 Å². The summed E-state index contributed by atoms with van der Waals surface area (Å²) in [6.45, 7) is 6.33. The first-order chi connectivity index (χ1) is 9.79. The Bertz CT molecular complexity index is 641. The van der Waals surface area contributed by atoms with Gasteiger partial charge in [0.2, 0.25) is 0 Å². The highest BCUT2D eigenvalue weighted by atomic mass is 19.3. The molecule has 2 heterocycles. The molecular formula is C17H19F2NO. The van der Waals surface area contributed by atoms with Crippen molar-refractivity contribution >= 4 is 11.3 Å². The van der Waals surface area contributed by atoms with Gasteiger partial charge in [0.1, 0.15) is 0 Å². The molecule has 21 heavy (non-hydrogen) atoms. The maximum Gasteiger partial charge on any atom is 0.272 e. The first-order valence-corrected chi connectivity index (χ1v) is 6.84. The van der Waals surface area contributed by atoms with E-state index in [1.54, 1.807) is 19.3 Å². The Balaban J connectivity index is 2.63. The van der Waals surface area contributed by atoms with Crippen molar-refractivity contribution in [1.29, 1.82) is 0 Å². The Morgan fingerprint density at radius 2 is 1.95 bits per heavy atom. The van der Waals surface area contributed by atoms with E-state index in [2.05, 4.69) is 4.99 Å². The molecule has 0 amide bonds. The van der Waals surface area contributed by atoms with E-state index in [-0.39, 0.29) is 5.57 Å². The van der Waals surface area contributed by atoms with Crippen LogP contribution in [-0.4, -0.2) is 11.6 Å². The van der Waals surface area contributed by atoms with Crippen molar-refractivity contribution < 1.29 is 13.2 Å². The van der Waals surface area contributed by atoms with Gasteiger partial charge >= 0.3 is 0 Å². The number of furan rings is 1. The van der Waals surface area contributed by atoms with Crippen molar-refractivity contribution in [2.24, 2.45) is 4.99 Å². The summed E-state index contributed by atoms with van der Waals surface area (Å²) in [6.07, 6.45) is 7.21. The molecule has 1 aliphatic heterocycles. The standard InChI is InChI=1S/C17H19F2NO/c1-11-5-6-14(15-7-8-21-10-15)9-16(17(4,18)19)13(3)20-12(11)2/h6-10H,5H2,1-4H3/b12-11-,14-6+,16-9+,20-13+. The highest BCUT2D eigenvalue weighted by Crippen LogP contribution is 2.31. The van der Waals surface area contributed by atoms with Crippen LogP contribution in [0.1, 0.15) is 39.7 Å². The third kappa shape index (κ3) is 3.57. The molecule has 0 bridgehead atoms. The van der Waals surface area contributed by atoms with Crippen LogP contribution in [0.4, 0.5) is 8.78 Å². The van der Waals surface area contributed by atoms with Gasteiger partial charge in [0.15, 0.2) is 0 Å². The number of halogens is 2. The van der Waals surface area contributed by atoms with E-state index in [0.717, 1.165) is 29.3 Å². The number of allylic oxidation sites excluding steroid dienone is 6. The van der Waals surface area contributed by atoms with Crippen LogP contribution < -0.4 is 0 Å². The number of alkyl halides is 2. The Morgan fingerprint density at radius 3 is 2.52 bits per heavy atom. The first kappa shape index (κ1) is 15.4. The predicted octanol–water partition coefficient (Wildman–Crippen LogP) is 5.40. The molecule has 0 aliphatic carbocycles. The molecule has 0 saturated carbocycles. The second-order valence-corrected chi connectivity index (χ2v) is 5.38. The number of rotatable bonds is 2. The lowest BCUT2D eigenvalue weighted by Crippen LogP contribution is -2.20. The van der Waals surface area contributed by atoms with Crippen molar-refractivity contribution in [1.82, 2.24) is 0 Å². The van der Waals surface area contributed by atoms with Crippen LogP contribution in [0, 0.1) is 0 Å². The van der Waals surface area contributed by atoms with Gasteiger partial charge < -0.3 is 4.42 Å². The second kappa shape index (κ2) is 5.80. The van der Waals surface area contributed by atoms with E-state index < -0.39 is 5.92 Å². The summed E-state index contributed by atoms with van der Waals surface area (Å²) >= 11 is 0. The van der Waals surface area contributed by atoms with E-state index in [1.165, 1.54) is 12.3 Å². The van der Waals surface area contributed by atoms with Crippen molar-refractivity contribution in [3.63, 3.8) is 0 Å². The monoisotopic (exact) mass is 291 g/mol. The van der Waals surface area contributed by atoms with Crippen molar-refractivity contribution in [2.75, 3.05) is 0 Å². The molecule has 0 fully saturated rings. The van der Waals surface area contributed by atoms with Gasteiger partial charge in [0.25, 0.3) is 5.92 Å². The predicted molar refractivity (Wildman–Crippen MR) is 81.5 cm³/mol. The smallest absolute Gasteiger partial charge is 0.272 e. The molecule has 1 aliphatic rings. The van der Waals surface area contributed by atoms with Crippen LogP contribution in [0.25, 0.3) is 5.57 Å². The molecular weight excluding hydrogens is 272 g/mol. The van der Waals surface area contributed by atoms with Gasteiger partial charge in [-0.05, 0) is 50.5 Å². The number of aliphatic imine (C=N–C) groups is 1. The minimum Gasteiger partial charge on any atom is -0.472 e. The molecule has 4 heteroatoms. The summed E-state index contributed by atoms with van der Waals surface area (Å²) < 4.78 is 32.9. The quantitative estimate of drug-likeness (QED) is 0.716. The highest BCUT2D eigenvalue weighted by molar-refractivity contribution is 6.02. The fraction of sp³-hybridized carbons (Fsp3) is 0.353. The Hall–Kier alpha value is -1.97. The zero-order valence-electron chi connectivity index (χ0n) is 12.7. The van der Waals surface area contributed by atoms with Crippen molar-refractivity contribution in [3.8, 4) is 0 Å².